The van der Waals surface area contributed by atoms with Gasteiger partial charge in [-0.3, -0.25) is 9.69 Å². The van der Waals surface area contributed by atoms with E-state index in [9.17, 15) is 25.2 Å². The number of phenols is 2. The molecule has 4 aliphatic carbocycles. The van der Waals surface area contributed by atoms with Gasteiger partial charge in [0, 0.05) is 31.1 Å². The molecule has 2 bridgehead atoms. The molecule has 8 heteroatoms. The first-order valence-corrected chi connectivity index (χ1v) is 14.4. The number of hydrogen-bond acceptors (Lipinski definition) is 7. The van der Waals surface area contributed by atoms with Crippen molar-refractivity contribution >= 4 is 5.91 Å². The molecular formula is C31H36N2O6. The van der Waals surface area contributed by atoms with Crippen LogP contribution in [0, 0.1) is 5.92 Å². The Morgan fingerprint density at radius 1 is 1.08 bits per heavy atom. The van der Waals surface area contributed by atoms with Crippen LogP contribution in [0.4, 0.5) is 0 Å². The lowest BCUT2D eigenvalue weighted by Gasteiger charge is -2.64. The van der Waals surface area contributed by atoms with E-state index < -0.39 is 22.7 Å². The molecule has 8 nitrogen and oxygen atoms in total. The Labute approximate surface area is 227 Å². The molecule has 0 radical (unpaired) electrons. The predicted molar refractivity (Wildman–Crippen MR) is 142 cm³/mol. The normalized spacial score (nSPS) is 38.5. The van der Waals surface area contributed by atoms with Crippen LogP contribution in [0.3, 0.4) is 0 Å². The number of piperidine rings is 1. The molecule has 8 rings (SSSR count). The minimum Gasteiger partial charge on any atom is -0.508 e. The Balaban J connectivity index is 1.13. The minimum absolute atomic E-state index is 0.0877. The maximum atomic E-state index is 13.8. The predicted octanol–water partition coefficient (Wildman–Crippen LogP) is 2.41. The van der Waals surface area contributed by atoms with Gasteiger partial charge in [-0.2, -0.15) is 0 Å². The Morgan fingerprint density at radius 3 is 2.59 bits per heavy atom. The lowest BCUT2D eigenvalue weighted by Crippen LogP contribution is -2.78. The molecule has 0 aromatic heterocycles. The van der Waals surface area contributed by atoms with Gasteiger partial charge in [0.15, 0.2) is 11.5 Å². The highest BCUT2D eigenvalue weighted by Gasteiger charge is 2.74. The number of likely N-dealkylation sites (tertiary alicyclic amines) is 1. The summed E-state index contributed by atoms with van der Waals surface area (Å²) in [6.45, 7) is 1.31. The minimum atomic E-state index is -1.07. The number of β-amino-alcohol motifs (C(OH)–C–C–N with tert-alkyl or cyclic N) is 1. The van der Waals surface area contributed by atoms with Crippen molar-refractivity contribution in [2.24, 2.45) is 5.92 Å². The number of hydrogen-bond donors (Lipinski definition) is 4. The fraction of sp³-hybridized carbons (Fsp3) is 0.581. The van der Waals surface area contributed by atoms with E-state index in [2.05, 4.69) is 4.90 Å². The van der Waals surface area contributed by atoms with Gasteiger partial charge in [-0.05, 0) is 86.7 Å². The Bertz CT molecular complexity index is 1370. The fourth-order valence-corrected chi connectivity index (χ4v) is 8.85. The maximum Gasteiger partial charge on any atom is 0.226 e. The van der Waals surface area contributed by atoms with Crippen LogP contribution in [0.2, 0.25) is 0 Å². The average Bonchev–Trinajstić information content (AvgIpc) is 3.82. The molecule has 1 saturated heterocycles. The van der Waals surface area contributed by atoms with Crippen molar-refractivity contribution in [3.63, 3.8) is 0 Å². The van der Waals surface area contributed by atoms with E-state index in [0.717, 1.165) is 42.5 Å². The molecular weight excluding hydrogens is 496 g/mol. The van der Waals surface area contributed by atoms with Crippen molar-refractivity contribution < 1.29 is 30.0 Å². The number of carbonyl (C=O) groups excluding carboxylic acids is 1. The Kier molecular flexibility index (Phi) is 4.73. The molecule has 206 valence electrons. The van der Waals surface area contributed by atoms with Crippen molar-refractivity contribution in [1.29, 1.82) is 0 Å². The standard InChI is InChI=1S/C31H36N2O6/c1-32(28(36)21-15-20(21)17-2-5-19(34)6-3-17)22-8-9-31(38)24-14-18-4-7-23(35)26-25(18)30(31,27(22)39-26)12-13-33(24)16-29(37)10-11-29/h2-7,20-22,24,27,34-35,37-38H,8-16H2,1H3/t20?,21?,22-,24?,27-,30?,31+/m0/s1. The van der Waals surface area contributed by atoms with Crippen molar-refractivity contribution in [3.05, 3.63) is 53.1 Å². The van der Waals surface area contributed by atoms with Gasteiger partial charge in [-0.15, -0.1) is 0 Å². The monoisotopic (exact) mass is 532 g/mol. The summed E-state index contributed by atoms with van der Waals surface area (Å²) >= 11 is 0. The van der Waals surface area contributed by atoms with E-state index in [1.165, 1.54) is 0 Å². The third-order valence-electron chi connectivity index (χ3n) is 11.1. The topological polar surface area (TPSA) is 114 Å². The zero-order chi connectivity index (χ0) is 26.9. The lowest BCUT2D eigenvalue weighted by atomic mass is 9.48. The molecule has 7 atom stereocenters. The van der Waals surface area contributed by atoms with Gasteiger partial charge in [-0.1, -0.05) is 18.2 Å². The van der Waals surface area contributed by atoms with Crippen LogP contribution in [-0.2, 0) is 16.6 Å². The zero-order valence-corrected chi connectivity index (χ0v) is 22.2. The quantitative estimate of drug-likeness (QED) is 0.468. The van der Waals surface area contributed by atoms with E-state index in [1.807, 2.05) is 30.1 Å². The van der Waals surface area contributed by atoms with Crippen LogP contribution in [0.5, 0.6) is 17.2 Å². The van der Waals surface area contributed by atoms with E-state index in [4.69, 9.17) is 4.74 Å². The van der Waals surface area contributed by atoms with Gasteiger partial charge >= 0.3 is 0 Å². The zero-order valence-electron chi connectivity index (χ0n) is 22.2. The number of phenolic OH excluding ortho intramolecular Hbond substituents is 2. The van der Waals surface area contributed by atoms with Crippen LogP contribution in [0.15, 0.2) is 36.4 Å². The number of rotatable bonds is 5. The Hall–Kier alpha value is -2.81. The number of aromatic hydroxyl groups is 2. The van der Waals surface area contributed by atoms with Crippen LogP contribution in [0.1, 0.15) is 61.1 Å². The lowest BCUT2D eigenvalue weighted by molar-refractivity contribution is -0.203. The van der Waals surface area contributed by atoms with Crippen molar-refractivity contribution in [1.82, 2.24) is 9.80 Å². The molecule has 3 saturated carbocycles. The number of amides is 1. The van der Waals surface area contributed by atoms with Gasteiger partial charge in [0.2, 0.25) is 5.91 Å². The third kappa shape index (κ3) is 3.14. The molecule has 2 aliphatic heterocycles. The average molecular weight is 533 g/mol. The Morgan fingerprint density at radius 2 is 1.85 bits per heavy atom. The van der Waals surface area contributed by atoms with Crippen LogP contribution >= 0.6 is 0 Å². The van der Waals surface area contributed by atoms with Crippen LogP contribution in [0.25, 0.3) is 0 Å². The summed E-state index contributed by atoms with van der Waals surface area (Å²) in [7, 11) is 1.87. The molecule has 4 unspecified atom stereocenters. The summed E-state index contributed by atoms with van der Waals surface area (Å²) < 4.78 is 6.63. The number of carbonyl (C=O) groups is 1. The molecule has 4 fully saturated rings. The van der Waals surface area contributed by atoms with Gasteiger partial charge in [0.25, 0.3) is 0 Å². The van der Waals surface area contributed by atoms with Crippen LogP contribution in [-0.4, -0.2) is 85.7 Å². The highest BCUT2D eigenvalue weighted by Crippen LogP contribution is 2.66. The second kappa shape index (κ2) is 7.68. The van der Waals surface area contributed by atoms with E-state index >= 15 is 0 Å². The molecule has 1 amide bonds. The summed E-state index contributed by atoms with van der Waals surface area (Å²) in [5.74, 6) is 0.916. The smallest absolute Gasteiger partial charge is 0.226 e. The summed E-state index contributed by atoms with van der Waals surface area (Å²) in [5, 5.41) is 43.9. The molecule has 1 spiro atoms. The first-order valence-electron chi connectivity index (χ1n) is 14.4. The molecule has 2 aromatic rings. The second-order valence-corrected chi connectivity index (χ2v) is 13.1. The number of benzene rings is 2. The number of nitrogens with zero attached hydrogens (tertiary/aromatic N) is 2. The number of likely N-dealkylation sites (N-methyl/N-ethyl adjacent to an activating group) is 1. The first kappa shape index (κ1) is 24.0. The molecule has 4 N–H and O–H groups in total. The molecule has 6 aliphatic rings. The molecule has 2 heterocycles. The molecule has 2 aromatic carbocycles. The summed E-state index contributed by atoms with van der Waals surface area (Å²) in [4.78, 5) is 17.9. The van der Waals surface area contributed by atoms with Gasteiger partial charge in [0.05, 0.1) is 22.7 Å². The van der Waals surface area contributed by atoms with E-state index in [-0.39, 0.29) is 41.3 Å². The maximum absolute atomic E-state index is 13.8. The highest BCUT2D eigenvalue weighted by atomic mass is 16.5. The molecule has 39 heavy (non-hydrogen) atoms. The summed E-state index contributed by atoms with van der Waals surface area (Å²) in [6, 6.07) is 10.4. The van der Waals surface area contributed by atoms with Crippen molar-refractivity contribution in [2.45, 2.75) is 85.7 Å². The SMILES string of the molecule is CN(C(=O)C1CC1c1ccc(O)cc1)[C@H]1CC[C@@]2(O)C3Cc4ccc(O)c5c4C2(CCN3CC2(O)CC2)[C@H]1O5. The van der Waals surface area contributed by atoms with Gasteiger partial charge in [0.1, 0.15) is 11.9 Å². The number of ether oxygens (including phenoxy) is 1. The summed E-state index contributed by atoms with van der Waals surface area (Å²) in [6.07, 6.45) is 4.41. The largest absolute Gasteiger partial charge is 0.508 e. The second-order valence-electron chi connectivity index (χ2n) is 13.1. The highest BCUT2D eigenvalue weighted by molar-refractivity contribution is 5.83. The fourth-order valence-electron chi connectivity index (χ4n) is 8.85. The van der Waals surface area contributed by atoms with Crippen molar-refractivity contribution in [2.75, 3.05) is 20.1 Å². The van der Waals surface area contributed by atoms with Crippen molar-refractivity contribution in [3.8, 4) is 17.2 Å². The third-order valence-corrected chi connectivity index (χ3v) is 11.1. The first-order chi connectivity index (χ1) is 18.7. The van der Waals surface area contributed by atoms with E-state index in [1.54, 1.807) is 18.2 Å². The van der Waals surface area contributed by atoms with E-state index in [0.29, 0.717) is 38.0 Å². The van der Waals surface area contributed by atoms with Gasteiger partial charge < -0.3 is 30.1 Å². The number of aliphatic hydroxyl groups is 2. The van der Waals surface area contributed by atoms with Gasteiger partial charge in [-0.25, -0.2) is 0 Å². The summed E-state index contributed by atoms with van der Waals surface area (Å²) in [5.41, 5.74) is 0.678. The van der Waals surface area contributed by atoms with Crippen LogP contribution < -0.4 is 4.74 Å².